The molecule has 35 heavy (non-hydrogen) atoms. The van der Waals surface area contributed by atoms with Gasteiger partial charge >= 0.3 is 0 Å². The molecule has 0 unspecified atom stereocenters. The van der Waals surface area contributed by atoms with Crippen molar-refractivity contribution in [2.24, 2.45) is 29.1 Å². The second-order valence-corrected chi connectivity index (χ2v) is 11.4. The van der Waals surface area contributed by atoms with Crippen molar-refractivity contribution in [3.05, 3.63) is 22.8 Å². The number of hydrogen-bond donors (Lipinski definition) is 6. The summed E-state index contributed by atoms with van der Waals surface area (Å²) in [7, 11) is 0. The van der Waals surface area contributed by atoms with Crippen molar-refractivity contribution in [1.29, 1.82) is 0 Å². The largest absolute Gasteiger partial charge is 0.396 e. The topological polar surface area (TPSA) is 157 Å². The van der Waals surface area contributed by atoms with Crippen LogP contribution in [0.2, 0.25) is 0 Å². The number of carbonyl (C=O) groups excluding carboxylic acids is 1. The molecular formula is C26H40O9. The Balaban J connectivity index is 1.73. The molecule has 1 heterocycles. The molecule has 6 N–H and O–H groups in total. The number of fused-ring (bicyclic) bond motifs is 1. The van der Waals surface area contributed by atoms with Gasteiger partial charge in [0, 0.05) is 18.1 Å². The number of carbonyl (C=O) groups is 1. The van der Waals surface area contributed by atoms with Gasteiger partial charge in [-0.3, -0.25) is 4.79 Å². The highest BCUT2D eigenvalue weighted by Crippen LogP contribution is 2.63. The Morgan fingerprint density at radius 1 is 1.06 bits per heavy atom. The molecule has 4 aliphatic rings. The molecule has 1 aliphatic heterocycles. The van der Waals surface area contributed by atoms with E-state index in [-0.39, 0.29) is 41.5 Å². The quantitative estimate of drug-likeness (QED) is 0.317. The predicted octanol–water partition coefficient (Wildman–Crippen LogP) is 0.0587. The van der Waals surface area contributed by atoms with E-state index in [1.807, 2.05) is 20.8 Å². The van der Waals surface area contributed by atoms with Crippen molar-refractivity contribution in [3.63, 3.8) is 0 Å². The summed E-state index contributed by atoms with van der Waals surface area (Å²) >= 11 is 0. The highest BCUT2D eigenvalue weighted by Gasteiger charge is 2.61. The monoisotopic (exact) mass is 496 g/mol. The maximum absolute atomic E-state index is 13.1. The average molecular weight is 497 g/mol. The zero-order valence-corrected chi connectivity index (χ0v) is 20.9. The molecule has 0 radical (unpaired) electrons. The minimum atomic E-state index is -1.57. The number of ketones is 1. The molecule has 0 bridgehead atoms. The van der Waals surface area contributed by atoms with Crippen LogP contribution in [-0.4, -0.2) is 92.5 Å². The van der Waals surface area contributed by atoms with E-state index >= 15 is 0 Å². The van der Waals surface area contributed by atoms with Gasteiger partial charge in [-0.2, -0.15) is 0 Å². The van der Waals surface area contributed by atoms with Crippen molar-refractivity contribution < 1.29 is 44.9 Å². The highest BCUT2D eigenvalue weighted by molar-refractivity contribution is 6.03. The number of aliphatic hydroxyl groups is 6. The number of ether oxygens (including phenoxy) is 2. The first-order valence-corrected chi connectivity index (χ1v) is 12.6. The molecule has 2 fully saturated rings. The van der Waals surface area contributed by atoms with Crippen molar-refractivity contribution in [3.8, 4) is 0 Å². The lowest BCUT2D eigenvalue weighted by Crippen LogP contribution is -2.60. The van der Waals surface area contributed by atoms with Gasteiger partial charge < -0.3 is 40.1 Å². The van der Waals surface area contributed by atoms with Gasteiger partial charge in [0.1, 0.15) is 24.4 Å². The molecule has 198 valence electrons. The van der Waals surface area contributed by atoms with Crippen LogP contribution in [0.4, 0.5) is 0 Å². The molecule has 0 aromatic carbocycles. The first kappa shape index (κ1) is 26.9. The van der Waals surface area contributed by atoms with Gasteiger partial charge in [-0.1, -0.05) is 20.8 Å². The summed E-state index contributed by atoms with van der Waals surface area (Å²) in [6.07, 6.45) is -5.06. The van der Waals surface area contributed by atoms with Gasteiger partial charge in [0.25, 0.3) is 0 Å². The zero-order chi connectivity index (χ0) is 25.8. The molecule has 1 saturated heterocycles. The van der Waals surface area contributed by atoms with Crippen molar-refractivity contribution >= 4 is 5.78 Å². The molecule has 9 heteroatoms. The lowest BCUT2D eigenvalue weighted by molar-refractivity contribution is -0.311. The fourth-order valence-electron chi connectivity index (χ4n) is 6.41. The van der Waals surface area contributed by atoms with E-state index in [0.29, 0.717) is 30.4 Å². The number of allylic oxidation sites excluding steroid dienone is 2. The standard InChI is InChI=1S/C26H40O9/c1-11-5-14-15(6-12(2)20(14)30)24(35-25-23(33)22(32)21(31)19(9-27)34-25)13(3)7-16-17(8-18(11)29)26(16,4)10-28/h5,12-13,16-19,21-25,27-29,31-33H,6-10H2,1-4H3/t12-,13+,16+,17-,18+,19+,21+,22-,23+,24-,25-,26-/m0/s1. The predicted molar refractivity (Wildman–Crippen MR) is 125 cm³/mol. The molecule has 3 aliphatic carbocycles. The van der Waals surface area contributed by atoms with E-state index in [0.717, 1.165) is 5.57 Å². The second-order valence-electron chi connectivity index (χ2n) is 11.4. The van der Waals surface area contributed by atoms with Gasteiger partial charge in [-0.05, 0) is 66.6 Å². The summed E-state index contributed by atoms with van der Waals surface area (Å²) in [6.45, 7) is 7.10. The normalized spacial score (nSPS) is 48.7. The van der Waals surface area contributed by atoms with Crippen LogP contribution in [0.15, 0.2) is 22.8 Å². The minimum Gasteiger partial charge on any atom is -0.396 e. The van der Waals surface area contributed by atoms with E-state index in [2.05, 4.69) is 0 Å². The van der Waals surface area contributed by atoms with Crippen LogP contribution < -0.4 is 0 Å². The number of aliphatic hydroxyl groups excluding tert-OH is 6. The van der Waals surface area contributed by atoms with Gasteiger partial charge in [0.15, 0.2) is 12.1 Å². The summed E-state index contributed by atoms with van der Waals surface area (Å²) in [5, 5.41) is 61.6. The third-order valence-corrected chi connectivity index (χ3v) is 8.99. The average Bonchev–Trinajstić information content (AvgIpc) is 3.27. The summed E-state index contributed by atoms with van der Waals surface area (Å²) < 4.78 is 11.9. The Hall–Kier alpha value is -1.17. The molecular weight excluding hydrogens is 456 g/mol. The summed E-state index contributed by atoms with van der Waals surface area (Å²) in [4.78, 5) is 13.1. The SMILES string of the molecule is CC1=CC2=C(C[C@H](C)C2=O)[C@@H](O[C@@H]2O[C@H](CO)[C@@H](O)[C@H](O)[C@H]2O)[C@H](C)C[C@@H]2[C@H](C[C@H]1O)[C@@]2(C)CO. The van der Waals surface area contributed by atoms with Crippen LogP contribution in [0, 0.1) is 29.1 Å². The maximum Gasteiger partial charge on any atom is 0.187 e. The summed E-state index contributed by atoms with van der Waals surface area (Å²) in [5.41, 5.74) is 1.60. The van der Waals surface area contributed by atoms with Crippen molar-refractivity contribution in [2.45, 2.75) is 89.9 Å². The molecule has 0 aromatic rings. The molecule has 0 aromatic heterocycles. The smallest absolute Gasteiger partial charge is 0.187 e. The lowest BCUT2D eigenvalue weighted by Gasteiger charge is -2.42. The maximum atomic E-state index is 13.1. The van der Waals surface area contributed by atoms with Gasteiger partial charge in [0.2, 0.25) is 0 Å². The third kappa shape index (κ3) is 4.66. The molecule has 0 spiro atoms. The Morgan fingerprint density at radius 3 is 2.34 bits per heavy atom. The summed E-state index contributed by atoms with van der Waals surface area (Å²) in [5.74, 6) is -0.194. The fraction of sp³-hybridized carbons (Fsp3) is 0.808. The van der Waals surface area contributed by atoms with Gasteiger partial charge in [0.05, 0.1) is 18.8 Å². The van der Waals surface area contributed by atoms with Crippen LogP contribution in [0.25, 0.3) is 0 Å². The molecule has 12 atom stereocenters. The van der Waals surface area contributed by atoms with E-state index < -0.39 is 49.5 Å². The summed E-state index contributed by atoms with van der Waals surface area (Å²) in [6, 6.07) is 0. The number of Topliss-reactive ketones (excluding diaryl/α,β-unsaturated/α-hetero) is 1. The molecule has 9 nitrogen and oxygen atoms in total. The third-order valence-electron chi connectivity index (χ3n) is 8.99. The molecule has 1 saturated carbocycles. The highest BCUT2D eigenvalue weighted by atomic mass is 16.7. The van der Waals surface area contributed by atoms with Crippen molar-refractivity contribution in [1.82, 2.24) is 0 Å². The van der Waals surface area contributed by atoms with E-state index in [9.17, 15) is 35.4 Å². The van der Waals surface area contributed by atoms with Crippen LogP contribution in [0.5, 0.6) is 0 Å². The number of hydrogen-bond acceptors (Lipinski definition) is 9. The molecule has 4 rings (SSSR count). The Kier molecular flexibility index (Phi) is 7.64. The Bertz CT molecular complexity index is 882. The zero-order valence-electron chi connectivity index (χ0n) is 20.9. The van der Waals surface area contributed by atoms with Crippen LogP contribution in [-0.2, 0) is 14.3 Å². The van der Waals surface area contributed by atoms with E-state index in [4.69, 9.17) is 9.47 Å². The molecule has 0 amide bonds. The second kappa shape index (κ2) is 9.95. The first-order valence-electron chi connectivity index (χ1n) is 12.6. The van der Waals surface area contributed by atoms with Crippen molar-refractivity contribution in [2.75, 3.05) is 13.2 Å². The Labute approximate surface area is 206 Å². The Morgan fingerprint density at radius 2 is 1.71 bits per heavy atom. The minimum absolute atomic E-state index is 0.00619. The van der Waals surface area contributed by atoms with E-state index in [1.54, 1.807) is 13.0 Å². The van der Waals surface area contributed by atoms with Crippen LogP contribution in [0.1, 0.15) is 47.0 Å². The number of rotatable bonds is 4. The van der Waals surface area contributed by atoms with E-state index in [1.165, 1.54) is 0 Å². The van der Waals surface area contributed by atoms with Crippen LogP contribution >= 0.6 is 0 Å². The van der Waals surface area contributed by atoms with Gasteiger partial charge in [-0.25, -0.2) is 0 Å². The first-order chi connectivity index (χ1) is 16.4. The van der Waals surface area contributed by atoms with Crippen LogP contribution in [0.3, 0.4) is 0 Å². The lowest BCUT2D eigenvalue weighted by atomic mass is 9.87. The van der Waals surface area contributed by atoms with Gasteiger partial charge in [-0.15, -0.1) is 0 Å². The fourth-order valence-corrected chi connectivity index (χ4v) is 6.41.